The molecule has 0 aliphatic carbocycles. The second-order valence-corrected chi connectivity index (χ2v) is 7.77. The number of hydrogen-bond donors (Lipinski definition) is 2. The molecule has 156 valence electrons. The normalized spacial score (nSPS) is 12.1. The summed E-state index contributed by atoms with van der Waals surface area (Å²) in [6, 6.07) is 26.4. The lowest BCUT2D eigenvalue weighted by molar-refractivity contribution is 0.0929. The fourth-order valence-electron chi connectivity index (χ4n) is 3.74. The maximum atomic E-state index is 13.5. The van der Waals surface area contributed by atoms with Gasteiger partial charge in [0.1, 0.15) is 5.69 Å². The van der Waals surface area contributed by atoms with Gasteiger partial charge in [0.05, 0.1) is 17.1 Å². The van der Waals surface area contributed by atoms with Gasteiger partial charge in [-0.15, -0.1) is 0 Å². The first kappa shape index (κ1) is 20.6. The summed E-state index contributed by atoms with van der Waals surface area (Å²) in [5.41, 5.74) is 3.06. The Labute approximate surface area is 182 Å². The lowest BCUT2D eigenvalue weighted by Crippen LogP contribution is -2.35. The summed E-state index contributed by atoms with van der Waals surface area (Å²) in [5.74, 6) is -0.442. The highest BCUT2D eigenvalue weighted by Crippen LogP contribution is 2.35. The molecule has 0 saturated heterocycles. The van der Waals surface area contributed by atoms with Gasteiger partial charge in [0, 0.05) is 17.5 Å². The molecule has 5 nitrogen and oxygen atoms in total. The molecule has 1 aromatic heterocycles. The van der Waals surface area contributed by atoms with E-state index < -0.39 is 0 Å². The lowest BCUT2D eigenvalue weighted by Gasteiger charge is -2.23. The van der Waals surface area contributed by atoms with E-state index in [2.05, 4.69) is 10.3 Å². The van der Waals surface area contributed by atoms with E-state index in [-0.39, 0.29) is 23.3 Å². The fourth-order valence-corrected chi connectivity index (χ4v) is 3.74. The Bertz CT molecular complexity index is 1190. The number of hydrogen-bond acceptors (Lipinski definition) is 4. The van der Waals surface area contributed by atoms with Gasteiger partial charge in [-0.3, -0.25) is 4.79 Å². The van der Waals surface area contributed by atoms with Gasteiger partial charge < -0.3 is 15.3 Å². The van der Waals surface area contributed by atoms with Gasteiger partial charge in [-0.1, -0.05) is 78.9 Å². The molecule has 31 heavy (non-hydrogen) atoms. The number of nitrogens with zero attached hydrogens (tertiary/aromatic N) is 2. The number of pyridine rings is 1. The zero-order valence-electron chi connectivity index (χ0n) is 17.6. The highest BCUT2D eigenvalue weighted by molar-refractivity contribution is 6.10. The standard InChI is InChI=1S/C26H25N3O2/c1-29(2)17-22(18-11-5-3-6-12-18)28-26(31)23-20-15-9-10-16-21(20)27-24(25(23)30)19-13-7-4-8-14-19/h3-16,22,30H,17H2,1-2H3,(H,28,31). The third-order valence-electron chi connectivity index (χ3n) is 5.20. The maximum Gasteiger partial charge on any atom is 0.256 e. The topological polar surface area (TPSA) is 65.5 Å². The van der Waals surface area contributed by atoms with Crippen LogP contribution < -0.4 is 5.32 Å². The molecule has 1 amide bonds. The number of carbonyl (C=O) groups excluding carboxylic acids is 1. The van der Waals surface area contributed by atoms with Gasteiger partial charge in [0.25, 0.3) is 5.91 Å². The molecule has 0 saturated carbocycles. The molecular weight excluding hydrogens is 386 g/mol. The third-order valence-corrected chi connectivity index (χ3v) is 5.20. The Morgan fingerprint density at radius 2 is 1.55 bits per heavy atom. The maximum absolute atomic E-state index is 13.5. The van der Waals surface area contributed by atoms with Crippen LogP contribution in [-0.4, -0.2) is 41.5 Å². The van der Waals surface area contributed by atoms with Crippen molar-refractivity contribution in [2.45, 2.75) is 6.04 Å². The molecule has 0 aliphatic heterocycles. The van der Waals surface area contributed by atoms with Crippen molar-refractivity contribution in [3.8, 4) is 17.0 Å². The predicted molar refractivity (Wildman–Crippen MR) is 124 cm³/mol. The number of carbonyl (C=O) groups is 1. The Kier molecular flexibility index (Phi) is 5.96. The molecule has 5 heteroatoms. The smallest absolute Gasteiger partial charge is 0.256 e. The summed E-state index contributed by atoms with van der Waals surface area (Å²) in [6.45, 7) is 0.630. The van der Waals surface area contributed by atoms with Gasteiger partial charge in [0.2, 0.25) is 0 Å². The molecule has 3 aromatic carbocycles. The molecule has 1 unspecified atom stereocenters. The van der Waals surface area contributed by atoms with E-state index in [0.29, 0.717) is 23.1 Å². The molecule has 0 fully saturated rings. The van der Waals surface area contributed by atoms with Crippen molar-refractivity contribution in [3.05, 3.63) is 96.1 Å². The molecular formula is C26H25N3O2. The SMILES string of the molecule is CN(C)CC(NC(=O)c1c(O)c(-c2ccccc2)nc2ccccc12)c1ccccc1. The summed E-state index contributed by atoms with van der Waals surface area (Å²) in [6.07, 6.45) is 0. The van der Waals surface area contributed by atoms with Crippen LogP contribution in [-0.2, 0) is 0 Å². The minimum atomic E-state index is -0.330. The average Bonchev–Trinajstić information content (AvgIpc) is 2.79. The van der Waals surface area contributed by atoms with Crippen molar-refractivity contribution in [2.24, 2.45) is 0 Å². The van der Waals surface area contributed by atoms with Gasteiger partial charge in [0.15, 0.2) is 5.75 Å². The zero-order valence-corrected chi connectivity index (χ0v) is 17.6. The van der Waals surface area contributed by atoms with Gasteiger partial charge in [-0.2, -0.15) is 0 Å². The van der Waals surface area contributed by atoms with Crippen molar-refractivity contribution < 1.29 is 9.90 Å². The van der Waals surface area contributed by atoms with E-state index in [1.54, 1.807) is 0 Å². The van der Waals surface area contributed by atoms with E-state index >= 15 is 0 Å². The molecule has 2 N–H and O–H groups in total. The number of rotatable bonds is 6. The number of benzene rings is 3. The van der Waals surface area contributed by atoms with Crippen molar-refractivity contribution in [2.75, 3.05) is 20.6 Å². The minimum Gasteiger partial charge on any atom is -0.505 e. The van der Waals surface area contributed by atoms with Crippen LogP contribution in [0, 0.1) is 0 Å². The molecule has 1 heterocycles. The molecule has 0 radical (unpaired) electrons. The van der Waals surface area contributed by atoms with E-state index in [4.69, 9.17) is 0 Å². The number of amides is 1. The van der Waals surface area contributed by atoms with Crippen LogP contribution in [0.4, 0.5) is 0 Å². The van der Waals surface area contributed by atoms with Crippen LogP contribution in [0.2, 0.25) is 0 Å². The highest BCUT2D eigenvalue weighted by atomic mass is 16.3. The first-order chi connectivity index (χ1) is 15.0. The first-order valence-corrected chi connectivity index (χ1v) is 10.2. The largest absolute Gasteiger partial charge is 0.505 e. The van der Waals surface area contributed by atoms with E-state index in [0.717, 1.165) is 11.1 Å². The first-order valence-electron chi connectivity index (χ1n) is 10.2. The average molecular weight is 412 g/mol. The molecule has 0 spiro atoms. The minimum absolute atomic E-state index is 0.112. The van der Waals surface area contributed by atoms with Crippen LogP contribution in [0.3, 0.4) is 0 Å². The predicted octanol–water partition coefficient (Wildman–Crippen LogP) is 4.64. The molecule has 0 bridgehead atoms. The second kappa shape index (κ2) is 8.98. The molecule has 0 aliphatic rings. The summed E-state index contributed by atoms with van der Waals surface area (Å²) in [4.78, 5) is 20.2. The van der Waals surface area contributed by atoms with Crippen molar-refractivity contribution in [3.63, 3.8) is 0 Å². The number of aromatic hydroxyl groups is 1. The van der Waals surface area contributed by atoms with Gasteiger partial charge >= 0.3 is 0 Å². The monoisotopic (exact) mass is 411 g/mol. The molecule has 4 rings (SSSR count). The molecule has 1 atom stereocenters. The van der Waals surface area contributed by atoms with Crippen LogP contribution >= 0.6 is 0 Å². The van der Waals surface area contributed by atoms with Crippen molar-refractivity contribution in [1.82, 2.24) is 15.2 Å². The zero-order chi connectivity index (χ0) is 21.8. The quantitative estimate of drug-likeness (QED) is 0.485. The van der Waals surface area contributed by atoms with Crippen LogP contribution in [0.25, 0.3) is 22.2 Å². The fraction of sp³-hybridized carbons (Fsp3) is 0.154. The van der Waals surface area contributed by atoms with Crippen LogP contribution in [0.15, 0.2) is 84.9 Å². The van der Waals surface area contributed by atoms with Crippen LogP contribution in [0.5, 0.6) is 5.75 Å². The lowest BCUT2D eigenvalue weighted by atomic mass is 10.0. The number of likely N-dealkylation sites (N-methyl/N-ethyl adjacent to an activating group) is 1. The Hall–Kier alpha value is -3.70. The molecule has 4 aromatic rings. The van der Waals surface area contributed by atoms with E-state index in [1.165, 1.54) is 0 Å². The number of aromatic nitrogens is 1. The summed E-state index contributed by atoms with van der Waals surface area (Å²) < 4.78 is 0. The van der Waals surface area contributed by atoms with Crippen molar-refractivity contribution >= 4 is 16.8 Å². The van der Waals surface area contributed by atoms with Gasteiger partial charge in [-0.25, -0.2) is 4.98 Å². The van der Waals surface area contributed by atoms with Crippen LogP contribution in [0.1, 0.15) is 22.0 Å². The van der Waals surface area contributed by atoms with E-state index in [1.807, 2.05) is 104 Å². The second-order valence-electron chi connectivity index (χ2n) is 7.77. The highest BCUT2D eigenvalue weighted by Gasteiger charge is 2.24. The van der Waals surface area contributed by atoms with E-state index in [9.17, 15) is 9.90 Å². The number of para-hydroxylation sites is 1. The Balaban J connectivity index is 1.80. The Morgan fingerprint density at radius 1 is 0.935 bits per heavy atom. The Morgan fingerprint density at radius 3 is 2.23 bits per heavy atom. The summed E-state index contributed by atoms with van der Waals surface area (Å²) in [7, 11) is 3.93. The summed E-state index contributed by atoms with van der Waals surface area (Å²) in [5, 5.41) is 14.9. The number of fused-ring (bicyclic) bond motifs is 1. The third kappa shape index (κ3) is 4.42. The number of nitrogens with one attached hydrogen (secondary N) is 1. The van der Waals surface area contributed by atoms with Crippen molar-refractivity contribution in [1.29, 1.82) is 0 Å². The summed E-state index contributed by atoms with van der Waals surface area (Å²) >= 11 is 0. The van der Waals surface area contributed by atoms with Gasteiger partial charge in [-0.05, 0) is 25.7 Å².